The number of hydrogen-bond acceptors (Lipinski definition) is 6. The number of rotatable bonds is 10. The van der Waals surface area contributed by atoms with Crippen LogP contribution in [0, 0.1) is 0 Å². The third-order valence-corrected chi connectivity index (χ3v) is 2.89. The van der Waals surface area contributed by atoms with Gasteiger partial charge in [0.25, 0.3) is 0 Å². The van der Waals surface area contributed by atoms with Crippen molar-refractivity contribution >= 4 is 13.8 Å². The summed E-state index contributed by atoms with van der Waals surface area (Å²) in [6.45, 7) is 5.12. The Labute approximate surface area is 133 Å². The van der Waals surface area contributed by atoms with Crippen LogP contribution in [0.1, 0.15) is 6.92 Å². The summed E-state index contributed by atoms with van der Waals surface area (Å²) in [5.41, 5.74) is 0.328. The second-order valence-electron chi connectivity index (χ2n) is 4.41. The molecule has 1 aromatic carbocycles. The van der Waals surface area contributed by atoms with E-state index in [1.54, 1.807) is 31.2 Å². The van der Waals surface area contributed by atoms with Gasteiger partial charge in [-0.15, -0.1) is 0 Å². The van der Waals surface area contributed by atoms with Gasteiger partial charge in [-0.2, -0.15) is 0 Å². The van der Waals surface area contributed by atoms with Crippen molar-refractivity contribution in [2.24, 2.45) is 0 Å². The van der Waals surface area contributed by atoms with Crippen LogP contribution in [-0.2, 0) is 18.6 Å². The minimum absolute atomic E-state index is 0.00215. The number of phosphoric acid groups is 1. The molecule has 0 atom stereocenters. The predicted molar refractivity (Wildman–Crippen MR) is 81.2 cm³/mol. The van der Waals surface area contributed by atoms with Crippen LogP contribution in [0.15, 0.2) is 36.4 Å². The Balaban J connectivity index is 2.24. The molecule has 2 N–H and O–H groups in total. The Morgan fingerprint density at radius 3 is 1.96 bits per heavy atom. The van der Waals surface area contributed by atoms with Crippen LogP contribution >= 0.6 is 7.82 Å². The Hall–Kier alpha value is -1.86. The van der Waals surface area contributed by atoms with Crippen LogP contribution in [0.4, 0.5) is 0 Å². The molecule has 0 spiro atoms. The van der Waals surface area contributed by atoms with E-state index in [2.05, 4.69) is 11.1 Å². The zero-order valence-corrected chi connectivity index (χ0v) is 13.5. The lowest BCUT2D eigenvalue weighted by atomic mass is 10.3. The highest BCUT2D eigenvalue weighted by molar-refractivity contribution is 7.46. The summed E-state index contributed by atoms with van der Waals surface area (Å²) in [6, 6.07) is 6.57. The molecule has 0 heterocycles. The molecule has 0 amide bonds. The quantitative estimate of drug-likeness (QED) is 0.285. The molecule has 1 aromatic rings. The maximum Gasteiger partial charge on any atom is 0.469 e. The van der Waals surface area contributed by atoms with E-state index in [1.165, 1.54) is 0 Å². The highest BCUT2D eigenvalue weighted by Gasteiger charge is 2.12. The van der Waals surface area contributed by atoms with Crippen molar-refractivity contribution in [2.45, 2.75) is 6.92 Å². The lowest BCUT2D eigenvalue weighted by Crippen LogP contribution is -2.12. The van der Waals surface area contributed by atoms with Crippen molar-refractivity contribution in [3.63, 3.8) is 0 Å². The summed E-state index contributed by atoms with van der Waals surface area (Å²) in [5, 5.41) is 0. The standard InChI is InChI=1S/C14H19O8P/c1-11(2)14(15)21-8-7-19-12-3-5-13(6-4-12)20-9-10-22-23(16,17)18/h3-6H,1,7-10H2,2H3,(H2,16,17,18). The third-order valence-electron chi connectivity index (χ3n) is 2.37. The Morgan fingerprint density at radius 2 is 1.52 bits per heavy atom. The largest absolute Gasteiger partial charge is 0.491 e. The second-order valence-corrected chi connectivity index (χ2v) is 5.65. The zero-order chi connectivity index (χ0) is 17.3. The topological polar surface area (TPSA) is 112 Å². The average molecular weight is 346 g/mol. The van der Waals surface area contributed by atoms with E-state index in [-0.39, 0.29) is 26.4 Å². The lowest BCUT2D eigenvalue weighted by molar-refractivity contribution is -0.139. The fraction of sp³-hybridized carbons (Fsp3) is 0.357. The van der Waals surface area contributed by atoms with E-state index in [0.717, 1.165) is 0 Å². The van der Waals surface area contributed by atoms with Gasteiger partial charge in [0, 0.05) is 5.57 Å². The normalized spacial score (nSPS) is 10.9. The molecule has 9 heteroatoms. The van der Waals surface area contributed by atoms with Gasteiger partial charge >= 0.3 is 13.8 Å². The number of esters is 1. The summed E-state index contributed by atoms with van der Waals surface area (Å²) in [4.78, 5) is 28.1. The Kier molecular flexibility index (Phi) is 7.77. The minimum Gasteiger partial charge on any atom is -0.491 e. The van der Waals surface area contributed by atoms with Gasteiger partial charge in [-0.05, 0) is 31.2 Å². The molecule has 0 unspecified atom stereocenters. The smallest absolute Gasteiger partial charge is 0.469 e. The van der Waals surface area contributed by atoms with Gasteiger partial charge in [-0.1, -0.05) is 6.58 Å². The van der Waals surface area contributed by atoms with Gasteiger partial charge in [0.05, 0.1) is 6.61 Å². The van der Waals surface area contributed by atoms with E-state index in [4.69, 9.17) is 24.0 Å². The lowest BCUT2D eigenvalue weighted by Gasteiger charge is -2.09. The summed E-state index contributed by atoms with van der Waals surface area (Å²) in [5.74, 6) is 0.602. The molecule has 0 aromatic heterocycles. The van der Waals surface area contributed by atoms with Crippen molar-refractivity contribution in [1.29, 1.82) is 0 Å². The molecule has 0 aliphatic heterocycles. The first kappa shape index (κ1) is 19.2. The molecule has 1 rings (SSSR count). The zero-order valence-electron chi connectivity index (χ0n) is 12.6. The van der Waals surface area contributed by atoms with Gasteiger partial charge in [-0.3, -0.25) is 4.52 Å². The SMILES string of the molecule is C=C(C)C(=O)OCCOc1ccc(OCCOP(=O)(O)O)cc1. The van der Waals surface area contributed by atoms with E-state index in [0.29, 0.717) is 17.1 Å². The average Bonchev–Trinajstić information content (AvgIpc) is 2.48. The van der Waals surface area contributed by atoms with Crippen LogP contribution in [0.5, 0.6) is 11.5 Å². The summed E-state index contributed by atoms with van der Waals surface area (Å²) >= 11 is 0. The highest BCUT2D eigenvalue weighted by Crippen LogP contribution is 2.35. The van der Waals surface area contributed by atoms with Gasteiger partial charge in [-0.25, -0.2) is 9.36 Å². The predicted octanol–water partition coefficient (Wildman–Crippen LogP) is 1.67. The first-order chi connectivity index (χ1) is 10.8. The minimum atomic E-state index is -4.47. The number of benzene rings is 1. The molecule has 0 aliphatic rings. The monoisotopic (exact) mass is 346 g/mol. The Morgan fingerprint density at radius 1 is 1.04 bits per heavy atom. The number of carbonyl (C=O) groups excluding carboxylic acids is 1. The number of ether oxygens (including phenoxy) is 3. The molecule has 0 saturated heterocycles. The maximum atomic E-state index is 11.1. The summed E-state index contributed by atoms with van der Waals surface area (Å²) in [6.07, 6.45) is 0. The van der Waals surface area contributed by atoms with Crippen LogP contribution < -0.4 is 9.47 Å². The van der Waals surface area contributed by atoms with Crippen molar-refractivity contribution in [1.82, 2.24) is 0 Å². The van der Waals surface area contributed by atoms with Gasteiger partial charge in [0.2, 0.25) is 0 Å². The van der Waals surface area contributed by atoms with Crippen molar-refractivity contribution in [3.05, 3.63) is 36.4 Å². The number of phosphoric ester groups is 1. The van der Waals surface area contributed by atoms with E-state index >= 15 is 0 Å². The van der Waals surface area contributed by atoms with E-state index in [9.17, 15) is 9.36 Å². The molecule has 128 valence electrons. The molecule has 0 fully saturated rings. The number of carbonyl (C=O) groups is 1. The molecule has 0 aliphatic carbocycles. The van der Waals surface area contributed by atoms with Crippen LogP contribution in [0.3, 0.4) is 0 Å². The van der Waals surface area contributed by atoms with Gasteiger partial charge < -0.3 is 24.0 Å². The molecular formula is C14H19O8P. The maximum absolute atomic E-state index is 11.1. The second kappa shape index (κ2) is 9.32. The summed E-state index contributed by atoms with van der Waals surface area (Å²) in [7, 11) is -4.47. The third kappa shape index (κ3) is 9.00. The van der Waals surface area contributed by atoms with Crippen LogP contribution in [-0.4, -0.2) is 42.2 Å². The first-order valence-corrected chi connectivity index (χ1v) is 8.19. The molecule has 8 nitrogen and oxygen atoms in total. The van der Waals surface area contributed by atoms with E-state index < -0.39 is 13.8 Å². The molecule has 0 saturated carbocycles. The van der Waals surface area contributed by atoms with Gasteiger partial charge in [0.15, 0.2) is 0 Å². The molecule has 0 radical (unpaired) electrons. The molecule has 0 bridgehead atoms. The van der Waals surface area contributed by atoms with Crippen molar-refractivity contribution in [3.8, 4) is 11.5 Å². The van der Waals surface area contributed by atoms with Crippen molar-refractivity contribution in [2.75, 3.05) is 26.4 Å². The Bertz CT molecular complexity index is 563. The van der Waals surface area contributed by atoms with Crippen LogP contribution in [0.25, 0.3) is 0 Å². The van der Waals surface area contributed by atoms with Crippen molar-refractivity contribution < 1.29 is 37.9 Å². The fourth-order valence-corrected chi connectivity index (χ4v) is 1.68. The first-order valence-electron chi connectivity index (χ1n) is 6.66. The van der Waals surface area contributed by atoms with E-state index in [1.807, 2.05) is 0 Å². The summed E-state index contributed by atoms with van der Waals surface area (Å²) < 4.78 is 30.2. The van der Waals surface area contributed by atoms with Gasteiger partial charge in [0.1, 0.15) is 31.3 Å². The highest BCUT2D eigenvalue weighted by atomic mass is 31.2. The van der Waals surface area contributed by atoms with Crippen LogP contribution in [0.2, 0.25) is 0 Å². The number of hydrogen-bond donors (Lipinski definition) is 2. The molecular weight excluding hydrogens is 327 g/mol. The fourth-order valence-electron chi connectivity index (χ4n) is 1.36. The molecule has 23 heavy (non-hydrogen) atoms.